The number of sulfonamides is 1. The van der Waals surface area contributed by atoms with Crippen LogP contribution in [0.4, 0.5) is 15.9 Å². The van der Waals surface area contributed by atoms with Crippen molar-refractivity contribution in [3.8, 4) is 16.9 Å². The molecule has 5 aromatic rings. The van der Waals surface area contributed by atoms with Gasteiger partial charge in [-0.1, -0.05) is 41.4 Å². The fraction of sp³-hybridized carbons (Fsp3) is 0.0800. The zero-order valence-corrected chi connectivity index (χ0v) is 22.2. The summed E-state index contributed by atoms with van der Waals surface area (Å²) in [5.74, 6) is -0.431. The van der Waals surface area contributed by atoms with E-state index in [1.54, 1.807) is 42.6 Å². The molecule has 0 unspecified atom stereocenters. The molecule has 7 nitrogen and oxygen atoms in total. The van der Waals surface area contributed by atoms with Crippen LogP contribution in [0.15, 0.2) is 75.0 Å². The molecular weight excluding hydrogens is 560 g/mol. The van der Waals surface area contributed by atoms with Gasteiger partial charge in [0, 0.05) is 28.0 Å². The summed E-state index contributed by atoms with van der Waals surface area (Å²) >= 11 is 13.5. The van der Waals surface area contributed by atoms with E-state index in [0.717, 1.165) is 11.3 Å². The van der Waals surface area contributed by atoms with E-state index >= 15 is 0 Å². The van der Waals surface area contributed by atoms with Crippen molar-refractivity contribution in [1.29, 1.82) is 0 Å². The topological polar surface area (TPSA) is 107 Å². The van der Waals surface area contributed by atoms with E-state index in [9.17, 15) is 12.8 Å². The number of benzene rings is 2. The standard InChI is InChI=1S/C25H18Cl2FN3O4S2/c1-13(21-18(26)7-8-19(28)22(21)27)35-24-23-16(11-30-25(24)29)17(12-34-23)14-4-2-5-15(10-14)31-37(32,33)20-6-3-9-36-20/h2-13,31H,1H3,(H2,29,30)/t13-/m1/s1. The Morgan fingerprint density at radius 1 is 1.19 bits per heavy atom. The lowest BCUT2D eigenvalue weighted by Gasteiger charge is -2.18. The molecule has 0 saturated carbocycles. The average Bonchev–Trinajstić information content (AvgIpc) is 3.54. The number of aromatic nitrogens is 1. The number of thiophene rings is 1. The van der Waals surface area contributed by atoms with Crippen molar-refractivity contribution >= 4 is 67.0 Å². The lowest BCUT2D eigenvalue weighted by Crippen LogP contribution is -2.11. The minimum atomic E-state index is -3.71. The lowest BCUT2D eigenvalue weighted by molar-refractivity contribution is 0.227. The number of hydrogen-bond acceptors (Lipinski definition) is 7. The summed E-state index contributed by atoms with van der Waals surface area (Å²) in [4.78, 5) is 4.23. The third-order valence-corrected chi connectivity index (χ3v) is 9.06. The fourth-order valence-electron chi connectivity index (χ4n) is 3.84. The molecule has 0 amide bonds. The van der Waals surface area contributed by atoms with Gasteiger partial charge in [-0.05, 0) is 48.2 Å². The Kier molecular flexibility index (Phi) is 6.76. The van der Waals surface area contributed by atoms with Gasteiger partial charge in [0.15, 0.2) is 11.4 Å². The number of furan rings is 1. The van der Waals surface area contributed by atoms with Crippen molar-refractivity contribution in [2.45, 2.75) is 17.2 Å². The minimum absolute atomic E-state index is 0.0568. The van der Waals surface area contributed by atoms with Crippen LogP contribution >= 0.6 is 34.5 Å². The van der Waals surface area contributed by atoms with Crippen LogP contribution in [0, 0.1) is 5.82 Å². The van der Waals surface area contributed by atoms with E-state index in [1.807, 2.05) is 0 Å². The summed E-state index contributed by atoms with van der Waals surface area (Å²) in [6.07, 6.45) is 2.25. The molecule has 190 valence electrons. The van der Waals surface area contributed by atoms with E-state index < -0.39 is 21.9 Å². The number of ether oxygens (including phenoxy) is 1. The monoisotopic (exact) mass is 577 g/mol. The van der Waals surface area contributed by atoms with Gasteiger partial charge in [0.2, 0.25) is 5.75 Å². The second kappa shape index (κ2) is 9.86. The van der Waals surface area contributed by atoms with Gasteiger partial charge < -0.3 is 14.9 Å². The van der Waals surface area contributed by atoms with E-state index in [4.69, 9.17) is 38.1 Å². The van der Waals surface area contributed by atoms with Crippen molar-refractivity contribution < 1.29 is 22.0 Å². The maximum Gasteiger partial charge on any atom is 0.271 e. The fourth-order valence-corrected chi connectivity index (χ4v) is 6.56. The van der Waals surface area contributed by atoms with Crippen LogP contribution in [0.5, 0.6) is 5.75 Å². The Morgan fingerprint density at radius 3 is 2.76 bits per heavy atom. The highest BCUT2D eigenvalue weighted by Crippen LogP contribution is 2.42. The normalized spacial score (nSPS) is 12.5. The Morgan fingerprint density at radius 2 is 2.00 bits per heavy atom. The molecular formula is C25H18Cl2FN3O4S2. The third-order valence-electron chi connectivity index (χ3n) is 5.57. The molecule has 1 atom stereocenters. The molecule has 0 bridgehead atoms. The maximum atomic E-state index is 14.1. The largest absolute Gasteiger partial charge is 0.478 e. The SMILES string of the molecule is C[C@@H](Oc1c(N)ncc2c(-c3cccc(NS(=O)(=O)c4cccs4)c3)coc12)c1c(Cl)ccc(F)c1Cl. The Balaban J connectivity index is 1.50. The number of hydrogen-bond donors (Lipinski definition) is 2. The Labute approximate surface area is 225 Å². The smallest absolute Gasteiger partial charge is 0.271 e. The molecule has 0 fully saturated rings. The highest BCUT2D eigenvalue weighted by Gasteiger charge is 2.23. The quantitative estimate of drug-likeness (QED) is 0.193. The summed E-state index contributed by atoms with van der Waals surface area (Å²) in [7, 11) is -3.71. The molecule has 0 radical (unpaired) electrons. The number of fused-ring (bicyclic) bond motifs is 1. The Bertz CT molecular complexity index is 1720. The van der Waals surface area contributed by atoms with Gasteiger partial charge in [-0.15, -0.1) is 11.3 Å². The predicted molar refractivity (Wildman–Crippen MR) is 144 cm³/mol. The van der Waals surface area contributed by atoms with Crippen LogP contribution in [-0.4, -0.2) is 13.4 Å². The van der Waals surface area contributed by atoms with Crippen molar-refractivity contribution in [3.63, 3.8) is 0 Å². The summed E-state index contributed by atoms with van der Waals surface area (Å²) in [6, 6.07) is 12.6. The van der Waals surface area contributed by atoms with Gasteiger partial charge >= 0.3 is 0 Å². The number of nitrogens with zero attached hydrogens (tertiary/aromatic N) is 1. The highest BCUT2D eigenvalue weighted by atomic mass is 35.5. The molecule has 12 heteroatoms. The van der Waals surface area contributed by atoms with Gasteiger partial charge in [0.05, 0.1) is 16.7 Å². The van der Waals surface area contributed by atoms with Gasteiger partial charge in [-0.2, -0.15) is 0 Å². The summed E-state index contributed by atoms with van der Waals surface area (Å²) in [5.41, 5.74) is 8.35. The Hall–Kier alpha value is -3.31. The molecule has 0 aliphatic rings. The maximum absolute atomic E-state index is 14.1. The summed E-state index contributed by atoms with van der Waals surface area (Å²) < 4.78 is 54.0. The molecule has 37 heavy (non-hydrogen) atoms. The number of rotatable bonds is 7. The van der Waals surface area contributed by atoms with Crippen LogP contribution in [-0.2, 0) is 10.0 Å². The molecule has 2 aromatic carbocycles. The first-order valence-electron chi connectivity index (χ1n) is 10.8. The van der Waals surface area contributed by atoms with E-state index in [1.165, 1.54) is 30.7 Å². The molecule has 0 aliphatic carbocycles. The number of halogens is 3. The molecule has 0 aliphatic heterocycles. The third kappa shape index (κ3) is 4.85. The van der Waals surface area contributed by atoms with E-state index in [2.05, 4.69) is 9.71 Å². The summed E-state index contributed by atoms with van der Waals surface area (Å²) in [6.45, 7) is 1.65. The first-order valence-corrected chi connectivity index (χ1v) is 13.9. The number of nitrogen functional groups attached to an aromatic ring is 1. The van der Waals surface area contributed by atoms with Crippen molar-refractivity contribution in [2.24, 2.45) is 0 Å². The number of anilines is 2. The molecule has 0 saturated heterocycles. The van der Waals surface area contributed by atoms with Crippen molar-refractivity contribution in [3.05, 3.63) is 87.8 Å². The molecule has 5 rings (SSSR count). The zero-order chi connectivity index (χ0) is 26.3. The predicted octanol–water partition coefficient (Wildman–Crippen LogP) is 7.53. The minimum Gasteiger partial charge on any atom is -0.478 e. The molecule has 3 N–H and O–H groups in total. The number of nitrogens with two attached hydrogens (primary N) is 1. The van der Waals surface area contributed by atoms with Gasteiger partial charge in [-0.3, -0.25) is 4.72 Å². The van der Waals surface area contributed by atoms with Gasteiger partial charge in [0.1, 0.15) is 16.1 Å². The number of pyridine rings is 1. The van der Waals surface area contributed by atoms with Gasteiger partial charge in [0.25, 0.3) is 10.0 Å². The second-order valence-electron chi connectivity index (χ2n) is 8.00. The van der Waals surface area contributed by atoms with Crippen LogP contribution < -0.4 is 15.2 Å². The lowest BCUT2D eigenvalue weighted by atomic mass is 10.1. The van der Waals surface area contributed by atoms with Crippen molar-refractivity contribution in [2.75, 3.05) is 10.5 Å². The first-order chi connectivity index (χ1) is 17.7. The van der Waals surface area contributed by atoms with Crippen LogP contribution in [0.25, 0.3) is 22.1 Å². The first kappa shape index (κ1) is 25.3. The molecule has 3 heterocycles. The molecule has 0 spiro atoms. The van der Waals surface area contributed by atoms with Crippen LogP contribution in [0.3, 0.4) is 0 Å². The van der Waals surface area contributed by atoms with Crippen molar-refractivity contribution in [1.82, 2.24) is 4.98 Å². The van der Waals surface area contributed by atoms with E-state index in [-0.39, 0.29) is 31.4 Å². The van der Waals surface area contributed by atoms with Crippen LogP contribution in [0.1, 0.15) is 18.6 Å². The van der Waals surface area contributed by atoms with Crippen LogP contribution in [0.2, 0.25) is 10.0 Å². The van der Waals surface area contributed by atoms with E-state index in [0.29, 0.717) is 27.8 Å². The molecule has 3 aromatic heterocycles. The summed E-state index contributed by atoms with van der Waals surface area (Å²) in [5, 5.41) is 2.35. The second-order valence-corrected chi connectivity index (χ2v) is 11.6. The highest BCUT2D eigenvalue weighted by molar-refractivity contribution is 7.94. The average molecular weight is 578 g/mol. The number of nitrogens with one attached hydrogen (secondary N) is 1. The van der Waals surface area contributed by atoms with Gasteiger partial charge in [-0.25, -0.2) is 17.8 Å². The zero-order valence-electron chi connectivity index (χ0n) is 19.0.